The Kier molecular flexibility index (Phi) is 12.1. The number of hydrogen-bond donors (Lipinski definition) is 3. The van der Waals surface area contributed by atoms with Crippen molar-refractivity contribution in [2.45, 2.75) is 83.6 Å². The van der Waals surface area contributed by atoms with Gasteiger partial charge in [0.15, 0.2) is 0 Å². The van der Waals surface area contributed by atoms with Crippen LogP contribution in [0, 0.1) is 5.92 Å². The number of piperazine rings is 1. The SMILES string of the molecule is COc1ccc(C[C@@H]2C[C@@H](C(=O)NCc3ccc4c(c3)nnn4C)N(C(=O)[C@@H](CCC(=O)N3CCN(C(=O)O)C[C@@H]3C)NC(=O)OC(C)(C)C)C2)cc1. The number of aryl methyl sites for hydroxylation is 1. The second-order valence-electron chi connectivity index (χ2n) is 14.8. The Bertz CT molecular complexity index is 1810. The average Bonchev–Trinajstić information content (AvgIpc) is 3.70. The predicted octanol–water partition coefficient (Wildman–Crippen LogP) is 2.94. The van der Waals surface area contributed by atoms with E-state index in [2.05, 4.69) is 20.9 Å². The van der Waals surface area contributed by atoms with Crippen LogP contribution >= 0.6 is 0 Å². The van der Waals surface area contributed by atoms with Gasteiger partial charge in [0, 0.05) is 52.2 Å². The van der Waals surface area contributed by atoms with Crippen LogP contribution in [0.5, 0.6) is 5.75 Å². The average molecular weight is 735 g/mol. The van der Waals surface area contributed by atoms with Gasteiger partial charge >= 0.3 is 12.2 Å². The van der Waals surface area contributed by atoms with Gasteiger partial charge in [0.2, 0.25) is 17.7 Å². The monoisotopic (exact) mass is 734 g/mol. The number of likely N-dealkylation sites (tertiary alicyclic amines) is 1. The van der Waals surface area contributed by atoms with E-state index < -0.39 is 35.8 Å². The number of ether oxygens (including phenoxy) is 2. The van der Waals surface area contributed by atoms with E-state index in [1.165, 1.54) is 9.80 Å². The van der Waals surface area contributed by atoms with Gasteiger partial charge in [0.25, 0.3) is 0 Å². The van der Waals surface area contributed by atoms with E-state index in [0.29, 0.717) is 18.4 Å². The molecule has 4 atom stereocenters. The molecule has 0 bridgehead atoms. The fraction of sp³-hybridized carbons (Fsp3) is 0.541. The Labute approximate surface area is 308 Å². The van der Waals surface area contributed by atoms with Crippen molar-refractivity contribution in [2.24, 2.45) is 13.0 Å². The summed E-state index contributed by atoms with van der Waals surface area (Å²) in [5.74, 6) is -0.454. The Morgan fingerprint density at radius 1 is 1.00 bits per heavy atom. The molecule has 3 heterocycles. The van der Waals surface area contributed by atoms with E-state index in [4.69, 9.17) is 9.47 Å². The second kappa shape index (κ2) is 16.5. The summed E-state index contributed by atoms with van der Waals surface area (Å²) < 4.78 is 12.5. The summed E-state index contributed by atoms with van der Waals surface area (Å²) in [6.07, 6.45) is -1.01. The minimum absolute atomic E-state index is 0.0467. The fourth-order valence-corrected chi connectivity index (χ4v) is 6.98. The van der Waals surface area contributed by atoms with Crippen molar-refractivity contribution in [2.75, 3.05) is 33.3 Å². The van der Waals surface area contributed by atoms with Gasteiger partial charge < -0.3 is 39.9 Å². The number of alkyl carbamates (subject to hydrolysis) is 1. The Balaban J connectivity index is 1.34. The van der Waals surface area contributed by atoms with Crippen molar-refractivity contribution in [3.05, 3.63) is 53.6 Å². The molecule has 3 N–H and O–H groups in total. The minimum Gasteiger partial charge on any atom is -0.497 e. The molecular weight excluding hydrogens is 684 g/mol. The molecule has 16 nitrogen and oxygen atoms in total. The van der Waals surface area contributed by atoms with Crippen molar-refractivity contribution in [3.63, 3.8) is 0 Å². The number of rotatable bonds is 11. The molecule has 1 aromatic heterocycles. The van der Waals surface area contributed by atoms with Gasteiger partial charge in [-0.2, -0.15) is 0 Å². The lowest BCUT2D eigenvalue weighted by Gasteiger charge is -2.39. The predicted molar refractivity (Wildman–Crippen MR) is 194 cm³/mol. The number of carbonyl (C=O) groups is 5. The normalized spacial score (nSPS) is 19.5. The lowest BCUT2D eigenvalue weighted by molar-refractivity contribution is -0.141. The molecule has 2 aromatic carbocycles. The first-order chi connectivity index (χ1) is 25.1. The summed E-state index contributed by atoms with van der Waals surface area (Å²) in [4.78, 5) is 70.7. The fourth-order valence-electron chi connectivity index (χ4n) is 6.98. The number of carbonyl (C=O) groups excluding carboxylic acids is 4. The Hall–Kier alpha value is -5.41. The van der Waals surface area contributed by atoms with Crippen molar-refractivity contribution >= 4 is 40.9 Å². The largest absolute Gasteiger partial charge is 0.497 e. The number of benzene rings is 2. The molecule has 2 fully saturated rings. The first-order valence-corrected chi connectivity index (χ1v) is 17.9. The summed E-state index contributed by atoms with van der Waals surface area (Å²) in [6, 6.07) is 10.9. The highest BCUT2D eigenvalue weighted by Crippen LogP contribution is 2.29. The first-order valence-electron chi connectivity index (χ1n) is 17.9. The van der Waals surface area contributed by atoms with Gasteiger partial charge in [-0.1, -0.05) is 23.4 Å². The molecule has 2 aliphatic heterocycles. The molecule has 16 heteroatoms. The van der Waals surface area contributed by atoms with E-state index in [9.17, 15) is 29.1 Å². The van der Waals surface area contributed by atoms with E-state index >= 15 is 0 Å². The number of carboxylic acid groups (broad SMARTS) is 1. The quantitative estimate of drug-likeness (QED) is 0.264. The third-order valence-corrected chi connectivity index (χ3v) is 9.65. The van der Waals surface area contributed by atoms with Gasteiger partial charge in [0.1, 0.15) is 29.0 Å². The van der Waals surface area contributed by atoms with Gasteiger partial charge in [-0.3, -0.25) is 14.4 Å². The molecule has 53 heavy (non-hydrogen) atoms. The topological polar surface area (TPSA) is 189 Å². The van der Waals surface area contributed by atoms with E-state index in [1.807, 2.05) is 42.5 Å². The molecule has 3 aromatic rings. The molecular formula is C37H50N8O8. The van der Waals surface area contributed by atoms with Crippen molar-refractivity contribution in [1.82, 2.24) is 40.3 Å². The molecule has 5 amide bonds. The molecule has 0 aliphatic carbocycles. The van der Waals surface area contributed by atoms with Gasteiger partial charge in [-0.05, 0) is 88.3 Å². The van der Waals surface area contributed by atoms with E-state index in [-0.39, 0.29) is 69.3 Å². The molecule has 0 saturated carbocycles. The van der Waals surface area contributed by atoms with Gasteiger partial charge in [0.05, 0.1) is 12.6 Å². The first kappa shape index (κ1) is 38.8. The number of methoxy groups -OCH3 is 1. The third kappa shape index (κ3) is 9.93. The van der Waals surface area contributed by atoms with Crippen molar-refractivity contribution in [1.29, 1.82) is 0 Å². The summed E-state index contributed by atoms with van der Waals surface area (Å²) in [7, 11) is 3.40. The van der Waals surface area contributed by atoms with Crippen LogP contribution in [-0.4, -0.2) is 122 Å². The summed E-state index contributed by atoms with van der Waals surface area (Å²) in [5.41, 5.74) is 2.54. The molecule has 2 aliphatic rings. The number of amides is 5. The summed E-state index contributed by atoms with van der Waals surface area (Å²) >= 11 is 0. The number of nitrogens with one attached hydrogen (secondary N) is 2. The number of hydrogen-bond acceptors (Lipinski definition) is 9. The molecule has 286 valence electrons. The van der Waals surface area contributed by atoms with Gasteiger partial charge in [-0.15, -0.1) is 5.10 Å². The third-order valence-electron chi connectivity index (χ3n) is 9.65. The molecule has 5 rings (SSSR count). The molecule has 0 radical (unpaired) electrons. The van der Waals surface area contributed by atoms with Crippen LogP contribution in [0.1, 0.15) is 58.1 Å². The van der Waals surface area contributed by atoms with Crippen LogP contribution in [0.25, 0.3) is 11.0 Å². The van der Waals surface area contributed by atoms with Crippen LogP contribution in [0.15, 0.2) is 42.5 Å². The maximum Gasteiger partial charge on any atom is 0.408 e. The highest BCUT2D eigenvalue weighted by Gasteiger charge is 2.42. The maximum absolute atomic E-state index is 14.5. The van der Waals surface area contributed by atoms with Crippen LogP contribution in [0.4, 0.5) is 9.59 Å². The lowest BCUT2D eigenvalue weighted by Crippen LogP contribution is -2.56. The zero-order valence-corrected chi connectivity index (χ0v) is 31.2. The van der Waals surface area contributed by atoms with E-state index in [1.54, 1.807) is 51.4 Å². The highest BCUT2D eigenvalue weighted by molar-refractivity contribution is 5.92. The minimum atomic E-state index is -1.17. The molecule has 0 spiro atoms. The zero-order valence-electron chi connectivity index (χ0n) is 31.2. The second-order valence-corrected chi connectivity index (χ2v) is 14.8. The van der Waals surface area contributed by atoms with Crippen LogP contribution in [0.3, 0.4) is 0 Å². The van der Waals surface area contributed by atoms with Crippen molar-refractivity contribution < 1.29 is 38.6 Å². The van der Waals surface area contributed by atoms with E-state index in [0.717, 1.165) is 22.4 Å². The number of aromatic nitrogens is 3. The Morgan fingerprint density at radius 3 is 2.38 bits per heavy atom. The highest BCUT2D eigenvalue weighted by atomic mass is 16.6. The Morgan fingerprint density at radius 2 is 1.72 bits per heavy atom. The standard InChI is InChI=1S/C37H50N8O8/c1-23-21-43(36(50)51)15-16-44(23)32(46)14-12-28(39-35(49)53-37(2,3)4)34(48)45-22-26(17-24-7-10-27(52-6)11-8-24)19-31(45)33(47)38-20-25-9-13-30-29(18-25)40-41-42(30)5/h7-11,13,18,23,26,28,31H,12,14-17,19-22H2,1-6H3,(H,38,47)(H,39,49)(H,50,51)/t23-,26+,28+,31-/m0/s1. The smallest absolute Gasteiger partial charge is 0.408 e. The molecule has 0 unspecified atom stereocenters. The number of fused-ring (bicyclic) bond motifs is 1. The van der Waals surface area contributed by atoms with Crippen LogP contribution < -0.4 is 15.4 Å². The van der Waals surface area contributed by atoms with Crippen LogP contribution in [-0.2, 0) is 39.1 Å². The maximum atomic E-state index is 14.5. The van der Waals surface area contributed by atoms with Crippen LogP contribution in [0.2, 0.25) is 0 Å². The number of nitrogens with zero attached hydrogens (tertiary/aromatic N) is 6. The van der Waals surface area contributed by atoms with Crippen molar-refractivity contribution in [3.8, 4) is 5.75 Å². The summed E-state index contributed by atoms with van der Waals surface area (Å²) in [6.45, 7) is 7.92. The molecule has 2 saturated heterocycles. The summed E-state index contributed by atoms with van der Waals surface area (Å²) in [5, 5.41) is 23.3. The lowest BCUT2D eigenvalue weighted by atomic mass is 9.96. The zero-order chi connectivity index (χ0) is 38.4. The van der Waals surface area contributed by atoms with Gasteiger partial charge in [-0.25, -0.2) is 14.3 Å².